The first-order valence-electron chi connectivity index (χ1n) is 3.08. The Kier molecular flexibility index (Phi) is 2.62. The molecule has 0 amide bonds. The van der Waals surface area contributed by atoms with Crippen molar-refractivity contribution >= 4 is 23.5 Å². The van der Waals surface area contributed by atoms with Gasteiger partial charge in [-0.25, -0.2) is 9.97 Å². The van der Waals surface area contributed by atoms with Crippen molar-refractivity contribution in [3.63, 3.8) is 0 Å². The highest BCUT2D eigenvalue weighted by atomic mass is 35.5. The van der Waals surface area contributed by atoms with Crippen molar-refractivity contribution in [1.29, 1.82) is 5.26 Å². The Morgan fingerprint density at radius 1 is 1.67 bits per heavy atom. The molecule has 12 heavy (non-hydrogen) atoms. The molecule has 0 atom stereocenters. The van der Waals surface area contributed by atoms with Gasteiger partial charge >= 0.3 is 0 Å². The number of nitrogens with zero attached hydrogens (tertiary/aromatic N) is 3. The molecule has 0 unspecified atom stereocenters. The highest BCUT2D eigenvalue weighted by molar-refractivity contribution is 6.30. The van der Waals surface area contributed by atoms with Crippen LogP contribution in [0.2, 0.25) is 5.15 Å². The molecule has 1 rings (SSSR count). The minimum Gasteiger partial charge on any atom is -0.382 e. The smallest absolute Gasteiger partial charge is 0.157 e. The summed E-state index contributed by atoms with van der Waals surface area (Å²) in [6.45, 7) is 0. The first kappa shape index (κ1) is 8.50. The molecule has 5 heteroatoms. The van der Waals surface area contributed by atoms with E-state index in [9.17, 15) is 0 Å². The summed E-state index contributed by atoms with van der Waals surface area (Å²) >= 11 is 5.65. The highest BCUT2D eigenvalue weighted by Gasteiger charge is 1.98. The molecule has 0 fully saturated rings. The van der Waals surface area contributed by atoms with Gasteiger partial charge in [0.05, 0.1) is 12.3 Å². The van der Waals surface area contributed by atoms with Gasteiger partial charge in [0.1, 0.15) is 11.5 Å². The predicted octanol–water partition coefficient (Wildman–Crippen LogP) is 1.25. The van der Waals surface area contributed by atoms with Crippen LogP contribution in [0, 0.1) is 11.3 Å². The summed E-state index contributed by atoms with van der Waals surface area (Å²) in [6, 6.07) is 1.82. The maximum Gasteiger partial charge on any atom is 0.157 e. The molecule has 0 spiro atoms. The number of anilines is 1. The molecule has 2 N–H and O–H groups in total. The molecule has 1 aromatic heterocycles. The van der Waals surface area contributed by atoms with Crippen LogP contribution in [0.25, 0.3) is 6.08 Å². The average Bonchev–Trinajstić information content (AvgIpc) is 2.03. The number of halogens is 1. The summed E-state index contributed by atoms with van der Waals surface area (Å²) in [5.41, 5.74) is 5.75. The minimum absolute atomic E-state index is 0.196. The number of nitriles is 1. The van der Waals surface area contributed by atoms with Crippen LogP contribution in [0.4, 0.5) is 5.82 Å². The Morgan fingerprint density at radius 2 is 2.42 bits per heavy atom. The summed E-state index contributed by atoms with van der Waals surface area (Å²) in [5.74, 6) is 0.258. The van der Waals surface area contributed by atoms with Gasteiger partial charge in [0.15, 0.2) is 5.15 Å². The van der Waals surface area contributed by atoms with Gasteiger partial charge in [-0.2, -0.15) is 5.26 Å². The molecule has 0 saturated carbocycles. The van der Waals surface area contributed by atoms with E-state index in [1.54, 1.807) is 0 Å². The van der Waals surface area contributed by atoms with Crippen LogP contribution in [-0.4, -0.2) is 9.97 Å². The zero-order valence-corrected chi connectivity index (χ0v) is 6.78. The third kappa shape index (κ3) is 1.94. The standard InChI is InChI=1S/C7H5ClN4/c8-7-5(2-1-3-9)11-4-6(10)12-7/h1-2,4H,(H2,10,12). The van der Waals surface area contributed by atoms with E-state index in [4.69, 9.17) is 22.6 Å². The third-order valence-corrected chi connectivity index (χ3v) is 1.37. The van der Waals surface area contributed by atoms with Crippen molar-refractivity contribution in [1.82, 2.24) is 9.97 Å². The Labute approximate surface area is 74.3 Å². The molecule has 0 saturated heterocycles. The van der Waals surface area contributed by atoms with E-state index in [0.717, 1.165) is 0 Å². The molecule has 0 radical (unpaired) electrons. The molecule has 1 heterocycles. The Balaban J connectivity index is 3.03. The zero-order chi connectivity index (χ0) is 8.97. The largest absolute Gasteiger partial charge is 0.382 e. The number of aromatic nitrogens is 2. The van der Waals surface area contributed by atoms with Crippen LogP contribution >= 0.6 is 11.6 Å². The zero-order valence-electron chi connectivity index (χ0n) is 6.03. The second kappa shape index (κ2) is 3.69. The highest BCUT2D eigenvalue weighted by Crippen LogP contribution is 2.12. The van der Waals surface area contributed by atoms with Gasteiger partial charge < -0.3 is 5.73 Å². The Bertz CT molecular complexity index is 353. The second-order valence-electron chi connectivity index (χ2n) is 1.93. The molecule has 0 aliphatic carbocycles. The lowest BCUT2D eigenvalue weighted by atomic mass is 10.4. The van der Waals surface area contributed by atoms with Crippen LogP contribution < -0.4 is 5.73 Å². The molecule has 0 aromatic carbocycles. The fourth-order valence-corrected chi connectivity index (χ4v) is 0.826. The van der Waals surface area contributed by atoms with E-state index in [1.165, 1.54) is 18.3 Å². The molecular formula is C7H5ClN4. The van der Waals surface area contributed by atoms with Crippen molar-refractivity contribution in [2.45, 2.75) is 0 Å². The molecule has 60 valence electrons. The van der Waals surface area contributed by atoms with Crippen LogP contribution in [-0.2, 0) is 0 Å². The van der Waals surface area contributed by atoms with Crippen LogP contribution in [0.15, 0.2) is 12.3 Å². The summed E-state index contributed by atoms with van der Waals surface area (Å²) < 4.78 is 0. The summed E-state index contributed by atoms with van der Waals surface area (Å²) in [6.07, 6.45) is 4.11. The third-order valence-electron chi connectivity index (χ3n) is 1.09. The lowest BCUT2D eigenvalue weighted by Gasteiger charge is -1.95. The number of nitrogen functional groups attached to an aromatic ring is 1. The van der Waals surface area contributed by atoms with E-state index in [1.807, 2.05) is 6.07 Å². The molecule has 0 aliphatic rings. The SMILES string of the molecule is N#CC=Cc1ncc(N)nc1Cl. The molecule has 4 nitrogen and oxygen atoms in total. The van der Waals surface area contributed by atoms with Crippen molar-refractivity contribution in [3.05, 3.63) is 23.1 Å². The van der Waals surface area contributed by atoms with Gasteiger partial charge in [-0.1, -0.05) is 11.6 Å². The minimum atomic E-state index is 0.196. The van der Waals surface area contributed by atoms with E-state index >= 15 is 0 Å². The van der Waals surface area contributed by atoms with Gasteiger partial charge in [0.25, 0.3) is 0 Å². The first-order valence-corrected chi connectivity index (χ1v) is 3.46. The number of rotatable bonds is 1. The van der Waals surface area contributed by atoms with Gasteiger partial charge in [0.2, 0.25) is 0 Å². The second-order valence-corrected chi connectivity index (χ2v) is 2.29. The number of nitrogens with two attached hydrogens (primary N) is 1. The monoisotopic (exact) mass is 180 g/mol. The fourth-order valence-electron chi connectivity index (χ4n) is 0.616. The number of hydrogen-bond donors (Lipinski definition) is 1. The summed E-state index contributed by atoms with van der Waals surface area (Å²) in [4.78, 5) is 7.60. The van der Waals surface area contributed by atoms with Gasteiger partial charge in [-0.05, 0) is 6.08 Å². The van der Waals surface area contributed by atoms with E-state index in [2.05, 4.69) is 9.97 Å². The lowest BCUT2D eigenvalue weighted by Crippen LogP contribution is -1.93. The van der Waals surface area contributed by atoms with Crippen molar-refractivity contribution in [3.8, 4) is 6.07 Å². The Hall–Kier alpha value is -1.60. The quantitative estimate of drug-likeness (QED) is 0.660. The molecule has 0 bridgehead atoms. The van der Waals surface area contributed by atoms with E-state index in [-0.39, 0.29) is 11.0 Å². The lowest BCUT2D eigenvalue weighted by molar-refractivity contribution is 1.19. The first-order chi connectivity index (χ1) is 5.74. The average molecular weight is 181 g/mol. The van der Waals surface area contributed by atoms with Crippen molar-refractivity contribution in [2.24, 2.45) is 0 Å². The normalized spacial score (nSPS) is 10.0. The van der Waals surface area contributed by atoms with Crippen LogP contribution in [0.5, 0.6) is 0 Å². The maximum atomic E-state index is 8.22. The van der Waals surface area contributed by atoms with E-state index in [0.29, 0.717) is 5.69 Å². The predicted molar refractivity (Wildman–Crippen MR) is 46.1 cm³/mol. The van der Waals surface area contributed by atoms with Crippen molar-refractivity contribution in [2.75, 3.05) is 5.73 Å². The number of allylic oxidation sites excluding steroid dienone is 1. The van der Waals surface area contributed by atoms with Crippen LogP contribution in [0.1, 0.15) is 5.69 Å². The molecule has 0 aliphatic heterocycles. The maximum absolute atomic E-state index is 8.22. The topological polar surface area (TPSA) is 75.6 Å². The fraction of sp³-hybridized carbons (Fsp3) is 0. The van der Waals surface area contributed by atoms with Gasteiger partial charge in [0, 0.05) is 6.08 Å². The molecule has 1 aromatic rings. The number of hydrogen-bond acceptors (Lipinski definition) is 4. The Morgan fingerprint density at radius 3 is 3.00 bits per heavy atom. The van der Waals surface area contributed by atoms with Crippen molar-refractivity contribution < 1.29 is 0 Å². The molecular weight excluding hydrogens is 176 g/mol. The van der Waals surface area contributed by atoms with Gasteiger partial charge in [-0.15, -0.1) is 0 Å². The summed E-state index contributed by atoms with van der Waals surface area (Å²) in [5, 5.41) is 8.42. The van der Waals surface area contributed by atoms with Crippen LogP contribution in [0.3, 0.4) is 0 Å². The van der Waals surface area contributed by atoms with Gasteiger partial charge in [-0.3, -0.25) is 0 Å². The summed E-state index contributed by atoms with van der Waals surface area (Å²) in [7, 11) is 0. The van der Waals surface area contributed by atoms with E-state index < -0.39 is 0 Å².